The lowest BCUT2D eigenvalue weighted by Gasteiger charge is -2.13. The fourth-order valence-electron chi connectivity index (χ4n) is 2.37. The van der Waals surface area contributed by atoms with E-state index in [1.807, 2.05) is 0 Å². The Bertz CT molecular complexity index is 664. The van der Waals surface area contributed by atoms with Crippen LogP contribution < -0.4 is 4.57 Å². The highest BCUT2D eigenvalue weighted by Gasteiger charge is 2.48. The molecule has 140 valence electrons. The molecule has 1 saturated heterocycles. The quantitative estimate of drug-likeness (QED) is 0.192. The summed E-state index contributed by atoms with van der Waals surface area (Å²) < 4.78 is 27.3. The van der Waals surface area contributed by atoms with E-state index >= 15 is 0 Å². The molecule has 0 radical (unpaired) electrons. The Morgan fingerprint density at radius 3 is 2.68 bits per heavy atom. The Kier molecular flexibility index (Phi) is 6.28. The van der Waals surface area contributed by atoms with Gasteiger partial charge in [-0.2, -0.15) is 4.57 Å². The molecule has 0 spiro atoms. The first kappa shape index (κ1) is 19.9. The summed E-state index contributed by atoms with van der Waals surface area (Å²) >= 11 is 0. The predicted octanol–water partition coefficient (Wildman–Crippen LogP) is -0.547. The fraction of sp³-hybridized carbons (Fsp3) is 0.571. The average molecular weight is 377 g/mol. The number of phosphoric ester groups is 1. The van der Waals surface area contributed by atoms with Crippen LogP contribution >= 0.6 is 7.82 Å². The number of hydrogen-bond acceptors (Lipinski definition) is 7. The zero-order valence-electron chi connectivity index (χ0n) is 13.7. The van der Waals surface area contributed by atoms with Crippen molar-refractivity contribution < 1.29 is 43.1 Å². The summed E-state index contributed by atoms with van der Waals surface area (Å²) in [7, 11) is -4.71. The van der Waals surface area contributed by atoms with Gasteiger partial charge in [0.15, 0.2) is 18.5 Å². The third kappa shape index (κ3) is 5.29. The monoisotopic (exact) mass is 377 g/mol. The number of phosphoric acid groups is 1. The lowest BCUT2D eigenvalue weighted by atomic mass is 10.1. The van der Waals surface area contributed by atoms with Crippen molar-refractivity contribution in [1.29, 1.82) is 5.41 Å². The van der Waals surface area contributed by atoms with E-state index in [2.05, 4.69) is 4.52 Å². The van der Waals surface area contributed by atoms with Crippen molar-refractivity contribution in [3.63, 3.8) is 0 Å². The second-order valence-electron chi connectivity index (χ2n) is 5.87. The van der Waals surface area contributed by atoms with Gasteiger partial charge in [-0.05, 0) is 19.9 Å². The van der Waals surface area contributed by atoms with Crippen molar-refractivity contribution in [2.45, 2.75) is 44.5 Å². The van der Waals surface area contributed by atoms with Crippen molar-refractivity contribution in [3.05, 3.63) is 30.1 Å². The van der Waals surface area contributed by atoms with E-state index in [1.54, 1.807) is 32.2 Å². The Morgan fingerprint density at radius 2 is 2.08 bits per heavy atom. The lowest BCUT2D eigenvalue weighted by Crippen LogP contribution is -2.46. The van der Waals surface area contributed by atoms with Gasteiger partial charge in [0.1, 0.15) is 17.8 Å². The molecule has 0 amide bonds. The van der Waals surface area contributed by atoms with Crippen molar-refractivity contribution >= 4 is 13.7 Å². The molecule has 1 fully saturated rings. The van der Waals surface area contributed by atoms with Gasteiger partial charge in [-0.1, -0.05) is 0 Å². The average Bonchev–Trinajstić information content (AvgIpc) is 2.80. The molecule has 11 heteroatoms. The van der Waals surface area contributed by atoms with E-state index < -0.39 is 39.0 Å². The maximum Gasteiger partial charge on any atom is 0.469 e. The van der Waals surface area contributed by atoms with Crippen LogP contribution in [0.15, 0.2) is 24.5 Å². The summed E-state index contributed by atoms with van der Waals surface area (Å²) in [5.41, 5.74) is 0.441. The molecule has 25 heavy (non-hydrogen) atoms. The smallest absolute Gasteiger partial charge is 0.469 e. The predicted molar refractivity (Wildman–Crippen MR) is 83.6 cm³/mol. The van der Waals surface area contributed by atoms with Gasteiger partial charge in [0.25, 0.3) is 6.23 Å². The molecule has 10 nitrogen and oxygen atoms in total. The summed E-state index contributed by atoms with van der Waals surface area (Å²) in [4.78, 5) is 17.5. The van der Waals surface area contributed by atoms with Crippen molar-refractivity contribution in [2.75, 3.05) is 6.61 Å². The van der Waals surface area contributed by atoms with E-state index in [-0.39, 0.29) is 12.0 Å². The number of aromatic nitrogens is 1. The van der Waals surface area contributed by atoms with Crippen LogP contribution in [-0.2, 0) is 18.6 Å². The largest absolute Gasteiger partial charge is 0.475 e. The molecular formula is C14H22N2O8P+. The summed E-state index contributed by atoms with van der Waals surface area (Å²) in [5, 5.41) is 28.0. The molecular weight excluding hydrogens is 355 g/mol. The van der Waals surface area contributed by atoms with Crippen LogP contribution in [0.3, 0.4) is 0 Å². The number of ether oxygens (including phenoxy) is 2. The third-order valence-electron chi connectivity index (χ3n) is 3.48. The first-order chi connectivity index (χ1) is 11.6. The molecule has 0 bridgehead atoms. The first-order valence-electron chi connectivity index (χ1n) is 7.56. The number of aliphatic hydroxyl groups is 2. The Labute approximate surface area is 144 Å². The van der Waals surface area contributed by atoms with Gasteiger partial charge in [0.2, 0.25) is 5.90 Å². The summed E-state index contributed by atoms with van der Waals surface area (Å²) in [6.07, 6.45) is -1.95. The van der Waals surface area contributed by atoms with Crippen LogP contribution in [-0.4, -0.2) is 56.9 Å². The second-order valence-corrected chi connectivity index (χ2v) is 7.11. The highest BCUT2D eigenvalue weighted by molar-refractivity contribution is 7.46. The molecule has 0 aliphatic carbocycles. The zero-order chi connectivity index (χ0) is 18.8. The maximum atomic E-state index is 10.8. The Morgan fingerprint density at radius 1 is 1.40 bits per heavy atom. The van der Waals surface area contributed by atoms with Crippen LogP contribution in [0.25, 0.3) is 0 Å². The summed E-state index contributed by atoms with van der Waals surface area (Å²) in [6.45, 7) is 3.00. The molecule has 0 aromatic carbocycles. The van der Waals surface area contributed by atoms with Gasteiger partial charge in [-0.15, -0.1) is 0 Å². The van der Waals surface area contributed by atoms with Gasteiger partial charge in [0, 0.05) is 6.07 Å². The van der Waals surface area contributed by atoms with Gasteiger partial charge < -0.3 is 29.5 Å². The number of hydrogen-bond donors (Lipinski definition) is 5. The van der Waals surface area contributed by atoms with E-state index in [9.17, 15) is 14.8 Å². The number of nitrogens with zero attached hydrogens (tertiary/aromatic N) is 1. The molecule has 5 N–H and O–H groups in total. The topological polar surface area (TPSA) is 153 Å². The maximum absolute atomic E-state index is 10.8. The van der Waals surface area contributed by atoms with E-state index in [4.69, 9.17) is 24.7 Å². The van der Waals surface area contributed by atoms with E-state index in [1.165, 1.54) is 10.8 Å². The van der Waals surface area contributed by atoms with Gasteiger partial charge >= 0.3 is 7.82 Å². The molecule has 4 atom stereocenters. The minimum absolute atomic E-state index is 0.0567. The first-order valence-corrected chi connectivity index (χ1v) is 9.09. The van der Waals surface area contributed by atoms with Gasteiger partial charge in [-0.3, -0.25) is 9.93 Å². The van der Waals surface area contributed by atoms with Crippen LogP contribution in [0.5, 0.6) is 0 Å². The zero-order valence-corrected chi connectivity index (χ0v) is 14.6. The minimum Gasteiger partial charge on any atom is -0.475 e. The molecule has 2 rings (SSSR count). The van der Waals surface area contributed by atoms with Crippen molar-refractivity contribution in [3.8, 4) is 0 Å². The molecule has 0 saturated carbocycles. The summed E-state index contributed by atoms with van der Waals surface area (Å²) in [6, 6.07) is 3.27. The van der Waals surface area contributed by atoms with Crippen LogP contribution in [0.1, 0.15) is 25.6 Å². The Hall–Kier alpha value is -1.39. The van der Waals surface area contributed by atoms with Crippen molar-refractivity contribution in [1.82, 2.24) is 0 Å². The molecule has 1 aromatic heterocycles. The van der Waals surface area contributed by atoms with E-state index in [0.717, 1.165) is 0 Å². The molecule has 2 heterocycles. The van der Waals surface area contributed by atoms with Crippen molar-refractivity contribution in [2.24, 2.45) is 0 Å². The molecule has 1 aliphatic heterocycles. The SMILES string of the molecule is CC(C)OC(=N)c1ccc[n+](C2OC(COP(=O)(O)O)C(O)C2O)c1. The van der Waals surface area contributed by atoms with Crippen LogP contribution in [0, 0.1) is 5.41 Å². The summed E-state index contributed by atoms with van der Waals surface area (Å²) in [5.74, 6) is -0.0567. The lowest BCUT2D eigenvalue weighted by molar-refractivity contribution is -0.765. The molecule has 4 unspecified atom stereocenters. The van der Waals surface area contributed by atoms with Gasteiger partial charge in [-0.25, -0.2) is 4.57 Å². The highest BCUT2D eigenvalue weighted by Crippen LogP contribution is 2.37. The number of rotatable bonds is 6. The Balaban J connectivity index is 2.13. The standard InChI is InChI=1S/C14H21N2O8P/c1-8(2)23-13(15)9-4-3-5-16(6-9)14-12(18)11(17)10(24-14)7-22-25(19,20)21/h3-6,8,10-12,14-15,17-18H,7H2,1-2H3,(H-,19,20,21)/p+1. The van der Waals surface area contributed by atoms with Gasteiger partial charge in [0.05, 0.1) is 12.7 Å². The molecule has 1 aliphatic rings. The number of pyridine rings is 1. The second kappa shape index (κ2) is 7.88. The third-order valence-corrected chi connectivity index (χ3v) is 3.96. The van der Waals surface area contributed by atoms with Crippen LogP contribution in [0.2, 0.25) is 0 Å². The van der Waals surface area contributed by atoms with Crippen LogP contribution in [0.4, 0.5) is 0 Å². The number of aliphatic hydroxyl groups excluding tert-OH is 2. The van der Waals surface area contributed by atoms with E-state index in [0.29, 0.717) is 5.56 Å². The minimum atomic E-state index is -4.71. The molecule has 1 aromatic rings. The number of nitrogens with one attached hydrogen (secondary N) is 1. The normalized spacial score (nSPS) is 26.8. The highest BCUT2D eigenvalue weighted by atomic mass is 31.2. The fourth-order valence-corrected chi connectivity index (χ4v) is 2.71.